The summed E-state index contributed by atoms with van der Waals surface area (Å²) in [4.78, 5) is 8.99. The quantitative estimate of drug-likeness (QED) is 0.193. The molecule has 0 aliphatic carbocycles. The molecule has 1 atom stereocenters. The van der Waals surface area contributed by atoms with Gasteiger partial charge in [-0.15, -0.1) is 0 Å². The molecule has 1 aromatic heterocycles. The fraction of sp³-hybridized carbons (Fsp3) is 0.200. The zero-order chi connectivity index (χ0) is 24.4. The Morgan fingerprint density at radius 2 is 1.27 bits per heavy atom. The van der Waals surface area contributed by atoms with Crippen molar-refractivity contribution in [2.75, 3.05) is 12.3 Å². The molecular weight excluding hydrogens is 607 g/mol. The zero-order valence-electron chi connectivity index (χ0n) is 16.9. The van der Waals surface area contributed by atoms with Crippen LogP contribution in [0.5, 0.6) is 0 Å². The normalized spacial score (nSPS) is 11.6. The summed E-state index contributed by atoms with van der Waals surface area (Å²) in [5.41, 5.74) is 1.11. The Kier molecular flexibility index (Phi) is 13.7. The molecule has 0 aliphatic heterocycles. The number of thiol groups is 1. The van der Waals surface area contributed by atoms with Crippen molar-refractivity contribution in [1.29, 1.82) is 0 Å². The van der Waals surface area contributed by atoms with Crippen molar-refractivity contribution in [2.45, 2.75) is 22.8 Å². The zero-order valence-corrected chi connectivity index (χ0v) is 23.9. The highest BCUT2D eigenvalue weighted by Crippen LogP contribution is 2.43. The molecule has 2 aromatic carbocycles. The molecule has 3 aromatic rings. The average Bonchev–Trinajstić information content (AvgIpc) is 2.76. The van der Waals surface area contributed by atoms with E-state index in [2.05, 4.69) is 34.8 Å². The lowest BCUT2D eigenvalue weighted by Gasteiger charge is -2.11. The molecule has 178 valence electrons. The molecule has 1 N–H and O–H groups in total. The van der Waals surface area contributed by atoms with Crippen LogP contribution in [-0.2, 0) is 3.63 Å². The van der Waals surface area contributed by atoms with Gasteiger partial charge in [0.2, 0.25) is 0 Å². The van der Waals surface area contributed by atoms with Gasteiger partial charge < -0.3 is 5.32 Å². The molecule has 0 fully saturated rings. The third kappa shape index (κ3) is 10.0. The second kappa shape index (κ2) is 15.4. The van der Waals surface area contributed by atoms with E-state index in [0.29, 0.717) is 46.0 Å². The van der Waals surface area contributed by atoms with E-state index in [1.807, 2.05) is 12.4 Å². The lowest BCUT2D eigenvalue weighted by atomic mass is 10.2. The van der Waals surface area contributed by atoms with Crippen molar-refractivity contribution >= 4 is 106 Å². The summed E-state index contributed by atoms with van der Waals surface area (Å²) in [6, 6.07) is 6.61. The minimum atomic E-state index is 0.304. The van der Waals surface area contributed by atoms with Gasteiger partial charge in [-0.05, 0) is 31.2 Å². The van der Waals surface area contributed by atoms with E-state index >= 15 is 0 Å². The first-order valence-corrected chi connectivity index (χ1v) is 13.5. The molecule has 3 rings (SSSR count). The maximum atomic E-state index is 6.05. The average molecular weight is 624 g/mol. The fourth-order valence-electron chi connectivity index (χ4n) is 2.24. The molecule has 4 nitrogen and oxygen atoms in total. The Morgan fingerprint density at radius 1 is 0.848 bits per heavy atom. The van der Waals surface area contributed by atoms with Crippen molar-refractivity contribution in [1.82, 2.24) is 15.3 Å². The highest BCUT2D eigenvalue weighted by Gasteiger charge is 2.13. The Balaban J connectivity index is 0.000000273. The molecule has 0 aliphatic rings. The Labute approximate surface area is 237 Å². The monoisotopic (exact) mass is 621 g/mol. The molecule has 0 radical (unpaired) electrons. The van der Waals surface area contributed by atoms with Crippen LogP contribution < -0.4 is 5.32 Å². The second-order valence-corrected chi connectivity index (χ2v) is 10.8. The third-order valence-corrected chi connectivity index (χ3v) is 7.86. The van der Waals surface area contributed by atoms with Gasteiger partial charge in [0.15, 0.2) is 0 Å². The molecule has 0 spiro atoms. The summed E-state index contributed by atoms with van der Waals surface area (Å²) in [6.45, 7) is 2.99. The number of nitrogens with zero attached hydrogens (tertiary/aromatic N) is 2. The number of rotatable bonds is 8. The number of aromatic nitrogens is 2. The summed E-state index contributed by atoms with van der Waals surface area (Å²) in [7, 11) is 0. The number of nitrogens with one attached hydrogen (secondary N) is 1. The largest absolute Gasteiger partial charge is 0.309 e. The van der Waals surface area contributed by atoms with Gasteiger partial charge in [0.25, 0.3) is 0 Å². The van der Waals surface area contributed by atoms with Crippen LogP contribution in [0.1, 0.15) is 18.5 Å². The Morgan fingerprint density at radius 3 is 1.67 bits per heavy atom. The van der Waals surface area contributed by atoms with Crippen LogP contribution in [0.2, 0.25) is 30.1 Å². The predicted octanol–water partition coefficient (Wildman–Crippen LogP) is 9.39. The minimum Gasteiger partial charge on any atom is -0.309 e. The smallest absolute Gasteiger partial charge is 0.115 e. The Bertz CT molecular complexity index is 945. The van der Waals surface area contributed by atoms with Gasteiger partial charge in [0, 0.05) is 70.4 Å². The van der Waals surface area contributed by atoms with Gasteiger partial charge in [-0.3, -0.25) is 0 Å². The standard InChI is InChI=1S/C12H4Cl6OS2.C8H13N3S/c13-5-1-7(15)11(8(16)2-5)20-19-21-12-9(17)3-6(14)4-10(12)18;1-7(11-2-3-12)8-4-9-6-10-5-8/h1-4H;4-7,11-12H,2-3H2,1H3. The lowest BCUT2D eigenvalue weighted by molar-refractivity contribution is 0.597. The van der Waals surface area contributed by atoms with Gasteiger partial charge in [-0.25, -0.2) is 13.6 Å². The van der Waals surface area contributed by atoms with Crippen LogP contribution in [-0.4, -0.2) is 22.3 Å². The van der Waals surface area contributed by atoms with Crippen LogP contribution in [0.25, 0.3) is 0 Å². The van der Waals surface area contributed by atoms with E-state index in [0.717, 1.165) is 41.9 Å². The summed E-state index contributed by atoms with van der Waals surface area (Å²) in [5, 5.41) is 5.77. The first-order valence-electron chi connectivity index (χ1n) is 9.12. The van der Waals surface area contributed by atoms with Crippen molar-refractivity contribution in [3.8, 4) is 0 Å². The van der Waals surface area contributed by atoms with E-state index in [1.165, 1.54) is 6.33 Å². The van der Waals surface area contributed by atoms with Crippen molar-refractivity contribution in [2.24, 2.45) is 0 Å². The van der Waals surface area contributed by atoms with Gasteiger partial charge in [-0.2, -0.15) is 12.6 Å². The molecule has 0 saturated heterocycles. The lowest BCUT2D eigenvalue weighted by Crippen LogP contribution is -2.20. The number of benzene rings is 2. The molecule has 1 heterocycles. The first-order chi connectivity index (χ1) is 15.7. The van der Waals surface area contributed by atoms with E-state index in [-0.39, 0.29) is 0 Å². The summed E-state index contributed by atoms with van der Waals surface area (Å²) in [5.74, 6) is 0.845. The van der Waals surface area contributed by atoms with E-state index in [4.69, 9.17) is 73.2 Å². The van der Waals surface area contributed by atoms with Crippen LogP contribution in [0.4, 0.5) is 0 Å². The minimum absolute atomic E-state index is 0.304. The molecule has 0 amide bonds. The Hall–Kier alpha value is 0.230. The van der Waals surface area contributed by atoms with Crippen LogP contribution >= 0.6 is 106 Å². The highest BCUT2D eigenvalue weighted by molar-refractivity contribution is 8.08. The number of halogens is 6. The number of hydrogen-bond donors (Lipinski definition) is 2. The van der Waals surface area contributed by atoms with E-state index in [9.17, 15) is 0 Å². The van der Waals surface area contributed by atoms with Crippen molar-refractivity contribution < 1.29 is 3.63 Å². The maximum Gasteiger partial charge on any atom is 0.115 e. The van der Waals surface area contributed by atoms with Crippen LogP contribution in [0.3, 0.4) is 0 Å². The highest BCUT2D eigenvalue weighted by atomic mass is 35.5. The maximum absolute atomic E-state index is 6.05. The molecule has 0 saturated carbocycles. The predicted molar refractivity (Wildman–Crippen MR) is 148 cm³/mol. The molecule has 0 bridgehead atoms. The molecular formula is C20H17Cl6N3OS3. The van der Waals surface area contributed by atoms with Gasteiger partial charge in [0.05, 0.1) is 29.9 Å². The molecule has 33 heavy (non-hydrogen) atoms. The fourth-order valence-corrected chi connectivity index (χ4v) is 5.61. The van der Waals surface area contributed by atoms with E-state index in [1.54, 1.807) is 24.3 Å². The number of hydrogen-bond acceptors (Lipinski definition) is 7. The van der Waals surface area contributed by atoms with Gasteiger partial charge in [-0.1, -0.05) is 69.6 Å². The van der Waals surface area contributed by atoms with Crippen LogP contribution in [0, 0.1) is 0 Å². The van der Waals surface area contributed by atoms with Crippen molar-refractivity contribution in [3.63, 3.8) is 0 Å². The van der Waals surface area contributed by atoms with Gasteiger partial charge >= 0.3 is 0 Å². The topological polar surface area (TPSA) is 47.0 Å². The first kappa shape index (κ1) is 29.5. The summed E-state index contributed by atoms with van der Waals surface area (Å²) >= 11 is 42.0. The SMILES string of the molecule is CC(NCCS)c1cncnc1.Clc1cc(Cl)c(SOSc2c(Cl)cc(Cl)cc2Cl)c(Cl)c1. The van der Waals surface area contributed by atoms with Gasteiger partial charge in [0.1, 0.15) is 6.33 Å². The summed E-state index contributed by atoms with van der Waals surface area (Å²) < 4.78 is 5.42. The second-order valence-electron chi connectivity index (χ2n) is 6.20. The third-order valence-electron chi connectivity index (χ3n) is 3.80. The van der Waals surface area contributed by atoms with Crippen molar-refractivity contribution in [3.05, 3.63) is 78.7 Å². The summed E-state index contributed by atoms with van der Waals surface area (Å²) in [6.07, 6.45) is 5.18. The van der Waals surface area contributed by atoms with Crippen LogP contribution in [0.15, 0.2) is 52.8 Å². The molecule has 1 unspecified atom stereocenters. The van der Waals surface area contributed by atoms with E-state index < -0.39 is 0 Å². The molecule has 13 heteroatoms.